The van der Waals surface area contributed by atoms with E-state index in [0.29, 0.717) is 0 Å². The fraction of sp³-hybridized carbons (Fsp3) is 0.846. The summed E-state index contributed by atoms with van der Waals surface area (Å²) in [6.07, 6.45) is 9.39. The molecule has 0 saturated carbocycles. The van der Waals surface area contributed by atoms with E-state index >= 15 is 0 Å². The Balaban J connectivity index is 2.87. The SMILES string of the molecule is CCNC(C1=CCCCCC1)C(C)S(C)(=O)=O. The number of nitrogens with one attached hydrogen (secondary N) is 1. The molecule has 0 heterocycles. The maximum atomic E-state index is 11.7. The lowest BCUT2D eigenvalue weighted by Crippen LogP contribution is -2.43. The minimum absolute atomic E-state index is 0.00639. The van der Waals surface area contributed by atoms with Crippen molar-refractivity contribution < 1.29 is 8.42 Å². The van der Waals surface area contributed by atoms with Gasteiger partial charge in [0.2, 0.25) is 0 Å². The Morgan fingerprint density at radius 3 is 2.65 bits per heavy atom. The van der Waals surface area contributed by atoms with E-state index in [-0.39, 0.29) is 11.3 Å². The van der Waals surface area contributed by atoms with Crippen molar-refractivity contribution in [2.24, 2.45) is 0 Å². The van der Waals surface area contributed by atoms with Crippen molar-refractivity contribution in [2.75, 3.05) is 12.8 Å². The number of sulfone groups is 1. The van der Waals surface area contributed by atoms with E-state index in [1.807, 2.05) is 13.8 Å². The van der Waals surface area contributed by atoms with E-state index in [1.165, 1.54) is 31.1 Å². The predicted molar refractivity (Wildman–Crippen MR) is 72.9 cm³/mol. The molecule has 100 valence electrons. The molecule has 0 amide bonds. The Hall–Kier alpha value is -0.350. The average Bonchev–Trinajstić information content (AvgIpc) is 2.52. The van der Waals surface area contributed by atoms with E-state index in [9.17, 15) is 8.42 Å². The van der Waals surface area contributed by atoms with E-state index < -0.39 is 9.84 Å². The maximum absolute atomic E-state index is 11.7. The highest BCUT2D eigenvalue weighted by Gasteiger charge is 2.28. The Labute approximate surface area is 106 Å². The molecule has 1 aliphatic carbocycles. The summed E-state index contributed by atoms with van der Waals surface area (Å²) in [5.74, 6) is 0. The highest BCUT2D eigenvalue weighted by atomic mass is 32.2. The van der Waals surface area contributed by atoms with Crippen molar-refractivity contribution in [2.45, 2.75) is 57.2 Å². The summed E-state index contributed by atoms with van der Waals surface area (Å²) < 4.78 is 23.4. The zero-order valence-electron chi connectivity index (χ0n) is 11.2. The van der Waals surface area contributed by atoms with Gasteiger partial charge in [0.05, 0.1) is 5.25 Å². The lowest BCUT2D eigenvalue weighted by molar-refractivity contribution is 0.525. The van der Waals surface area contributed by atoms with Crippen LogP contribution >= 0.6 is 0 Å². The van der Waals surface area contributed by atoms with Gasteiger partial charge in [-0.05, 0) is 39.2 Å². The first-order valence-electron chi connectivity index (χ1n) is 6.58. The van der Waals surface area contributed by atoms with E-state index in [4.69, 9.17) is 0 Å². The van der Waals surface area contributed by atoms with E-state index in [1.54, 1.807) is 0 Å². The minimum Gasteiger partial charge on any atom is -0.309 e. The molecule has 1 N–H and O–H groups in total. The summed E-state index contributed by atoms with van der Waals surface area (Å²) in [5.41, 5.74) is 1.29. The maximum Gasteiger partial charge on any atom is 0.151 e. The molecule has 0 radical (unpaired) electrons. The molecule has 1 aliphatic rings. The lowest BCUT2D eigenvalue weighted by atomic mass is 9.99. The van der Waals surface area contributed by atoms with Gasteiger partial charge in [-0.25, -0.2) is 8.42 Å². The van der Waals surface area contributed by atoms with Crippen LogP contribution in [0.4, 0.5) is 0 Å². The first kappa shape index (κ1) is 14.7. The molecule has 0 aromatic carbocycles. The van der Waals surface area contributed by atoms with Gasteiger partial charge in [0.25, 0.3) is 0 Å². The second kappa shape index (κ2) is 6.55. The van der Waals surface area contributed by atoms with Crippen molar-refractivity contribution in [3.8, 4) is 0 Å². The van der Waals surface area contributed by atoms with Crippen molar-refractivity contribution in [1.82, 2.24) is 5.32 Å². The normalized spacial score (nSPS) is 21.5. The highest BCUT2D eigenvalue weighted by Crippen LogP contribution is 2.23. The molecule has 4 heteroatoms. The van der Waals surface area contributed by atoms with Crippen LogP contribution in [0.2, 0.25) is 0 Å². The zero-order chi connectivity index (χ0) is 12.9. The van der Waals surface area contributed by atoms with Gasteiger partial charge in [-0.2, -0.15) is 0 Å². The topological polar surface area (TPSA) is 46.2 Å². The third-order valence-electron chi connectivity index (χ3n) is 3.54. The Kier molecular flexibility index (Phi) is 5.67. The molecule has 2 atom stereocenters. The van der Waals surface area contributed by atoms with Crippen molar-refractivity contribution in [1.29, 1.82) is 0 Å². The third kappa shape index (κ3) is 4.43. The van der Waals surface area contributed by atoms with Crippen molar-refractivity contribution >= 4 is 9.84 Å². The molecule has 0 spiro atoms. The Morgan fingerprint density at radius 1 is 1.35 bits per heavy atom. The Bertz CT molecular complexity index is 360. The number of rotatable bonds is 5. The number of likely N-dealkylation sites (N-methyl/N-ethyl adjacent to an activating group) is 1. The van der Waals surface area contributed by atoms with Gasteiger partial charge in [0, 0.05) is 12.3 Å². The van der Waals surface area contributed by atoms with Gasteiger partial charge >= 0.3 is 0 Å². The lowest BCUT2D eigenvalue weighted by Gasteiger charge is -2.26. The van der Waals surface area contributed by atoms with Crippen LogP contribution in [0.25, 0.3) is 0 Å². The van der Waals surface area contributed by atoms with Gasteiger partial charge in [0.1, 0.15) is 0 Å². The molecule has 17 heavy (non-hydrogen) atoms. The van der Waals surface area contributed by atoms with Gasteiger partial charge in [-0.15, -0.1) is 0 Å². The van der Waals surface area contributed by atoms with Crippen LogP contribution in [-0.2, 0) is 9.84 Å². The first-order chi connectivity index (χ1) is 7.96. The molecule has 0 aliphatic heterocycles. The molecule has 1 rings (SSSR count). The molecular formula is C13H25NO2S. The Morgan fingerprint density at radius 2 is 2.06 bits per heavy atom. The van der Waals surface area contributed by atoms with E-state index in [2.05, 4.69) is 11.4 Å². The summed E-state index contributed by atoms with van der Waals surface area (Å²) in [6, 6.07) is -0.00639. The molecule has 0 saturated heterocycles. The second-order valence-electron chi connectivity index (χ2n) is 4.95. The van der Waals surface area contributed by atoms with Gasteiger partial charge in [-0.1, -0.05) is 25.0 Å². The van der Waals surface area contributed by atoms with Gasteiger partial charge in [-0.3, -0.25) is 0 Å². The molecule has 0 aromatic heterocycles. The number of hydrogen-bond donors (Lipinski definition) is 1. The van der Waals surface area contributed by atoms with Crippen molar-refractivity contribution in [3.63, 3.8) is 0 Å². The summed E-state index contributed by atoms with van der Waals surface area (Å²) in [5, 5.41) is 3.00. The molecular weight excluding hydrogens is 234 g/mol. The molecule has 0 fully saturated rings. The van der Waals surface area contributed by atoms with Crippen LogP contribution in [-0.4, -0.2) is 32.5 Å². The van der Waals surface area contributed by atoms with Gasteiger partial charge in [0.15, 0.2) is 9.84 Å². The van der Waals surface area contributed by atoms with Crippen LogP contribution in [0.1, 0.15) is 46.0 Å². The smallest absolute Gasteiger partial charge is 0.151 e. The monoisotopic (exact) mass is 259 g/mol. The van der Waals surface area contributed by atoms with Crippen LogP contribution < -0.4 is 5.32 Å². The fourth-order valence-corrected chi connectivity index (χ4v) is 3.15. The van der Waals surface area contributed by atoms with Crippen LogP contribution in [0, 0.1) is 0 Å². The minimum atomic E-state index is -2.99. The number of allylic oxidation sites excluding steroid dienone is 1. The molecule has 3 nitrogen and oxygen atoms in total. The van der Waals surface area contributed by atoms with Crippen molar-refractivity contribution in [3.05, 3.63) is 11.6 Å². The molecule has 2 unspecified atom stereocenters. The molecule has 0 bridgehead atoms. The van der Waals surface area contributed by atoms with Crippen LogP contribution in [0.3, 0.4) is 0 Å². The summed E-state index contributed by atoms with van der Waals surface area (Å²) >= 11 is 0. The van der Waals surface area contributed by atoms with Crippen LogP contribution in [0.15, 0.2) is 11.6 Å². The standard InChI is InChI=1S/C13H25NO2S/c1-4-14-13(11(2)17(3,15)16)12-9-7-5-6-8-10-12/h9,11,13-14H,4-8,10H2,1-3H3. The summed E-state index contributed by atoms with van der Waals surface area (Å²) in [4.78, 5) is 0. The zero-order valence-corrected chi connectivity index (χ0v) is 12.0. The average molecular weight is 259 g/mol. The largest absolute Gasteiger partial charge is 0.309 e. The summed E-state index contributed by atoms with van der Waals surface area (Å²) in [7, 11) is -2.99. The predicted octanol–water partition coefficient (Wildman–Crippen LogP) is 2.29. The quantitative estimate of drug-likeness (QED) is 0.771. The fourth-order valence-electron chi connectivity index (χ4n) is 2.39. The van der Waals surface area contributed by atoms with Crippen LogP contribution in [0.5, 0.6) is 0 Å². The van der Waals surface area contributed by atoms with E-state index in [0.717, 1.165) is 19.4 Å². The third-order valence-corrected chi connectivity index (χ3v) is 5.17. The van der Waals surface area contributed by atoms with Gasteiger partial charge < -0.3 is 5.32 Å². The second-order valence-corrected chi connectivity index (χ2v) is 7.35. The number of hydrogen-bond acceptors (Lipinski definition) is 3. The first-order valence-corrected chi connectivity index (χ1v) is 8.53. The molecule has 0 aromatic rings. The summed E-state index contributed by atoms with van der Waals surface area (Å²) in [6.45, 7) is 4.65. The highest BCUT2D eigenvalue weighted by molar-refractivity contribution is 7.91.